The number of aromatic nitrogens is 1. The third-order valence-corrected chi connectivity index (χ3v) is 6.23. The number of alkyl carbamates (subject to hydrolysis) is 1. The second kappa shape index (κ2) is 11.7. The lowest BCUT2D eigenvalue weighted by molar-refractivity contribution is 0.0521. The molecule has 37 heavy (non-hydrogen) atoms. The Kier molecular flexibility index (Phi) is 8.41. The zero-order valence-corrected chi connectivity index (χ0v) is 22.3. The molecule has 0 bridgehead atoms. The molecule has 2 aromatic carbocycles. The topological polar surface area (TPSA) is 78.8 Å². The lowest BCUT2D eigenvalue weighted by Crippen LogP contribution is -2.35. The van der Waals surface area contributed by atoms with Crippen LogP contribution in [0.25, 0.3) is 10.8 Å². The quantitative estimate of drug-likeness (QED) is 0.314. The highest BCUT2D eigenvalue weighted by molar-refractivity contribution is 5.90. The van der Waals surface area contributed by atoms with Crippen LogP contribution in [0.3, 0.4) is 0 Å². The molecule has 7 heteroatoms. The standard InChI is InChI=1S/C30H38N2O5/c1-5-6-16-35-27-25-17-23(36-20-22-10-8-7-9-11-22)14-15-24(25)28(33)32(19-21-12-13-21)26(27)18-31-29(34)37-30(2,3)4/h7-11,14-15,17,21H,5-6,12-13,16,18-20H2,1-4H3,(H,31,34). The predicted octanol–water partition coefficient (Wildman–Crippen LogP) is 6.19. The molecule has 1 aromatic heterocycles. The summed E-state index contributed by atoms with van der Waals surface area (Å²) in [6.07, 6.45) is 3.53. The second-order valence-electron chi connectivity index (χ2n) is 10.7. The van der Waals surface area contributed by atoms with Gasteiger partial charge < -0.3 is 24.1 Å². The molecule has 1 amide bonds. The number of hydrogen-bond donors (Lipinski definition) is 1. The fourth-order valence-corrected chi connectivity index (χ4v) is 4.15. The van der Waals surface area contributed by atoms with E-state index in [1.165, 1.54) is 0 Å². The highest BCUT2D eigenvalue weighted by Crippen LogP contribution is 2.35. The van der Waals surface area contributed by atoms with Crippen molar-refractivity contribution in [3.05, 3.63) is 70.1 Å². The Bertz CT molecular complexity index is 1270. The van der Waals surface area contributed by atoms with Crippen LogP contribution in [0.2, 0.25) is 0 Å². The third kappa shape index (κ3) is 7.28. The van der Waals surface area contributed by atoms with Gasteiger partial charge in [0, 0.05) is 11.9 Å². The number of benzene rings is 2. The van der Waals surface area contributed by atoms with Crippen molar-refractivity contribution in [3.8, 4) is 11.5 Å². The molecule has 1 fully saturated rings. The molecule has 198 valence electrons. The van der Waals surface area contributed by atoms with Gasteiger partial charge >= 0.3 is 6.09 Å². The molecule has 3 aromatic rings. The number of carbonyl (C=O) groups is 1. The molecule has 1 N–H and O–H groups in total. The summed E-state index contributed by atoms with van der Waals surface area (Å²) in [5, 5.41) is 4.12. The summed E-state index contributed by atoms with van der Waals surface area (Å²) in [6.45, 7) is 9.24. The number of hydrogen-bond acceptors (Lipinski definition) is 5. The van der Waals surface area contributed by atoms with Gasteiger partial charge in [0.15, 0.2) is 0 Å². The summed E-state index contributed by atoms with van der Waals surface area (Å²) in [7, 11) is 0. The second-order valence-corrected chi connectivity index (χ2v) is 10.7. The zero-order valence-electron chi connectivity index (χ0n) is 22.3. The van der Waals surface area contributed by atoms with Gasteiger partial charge in [-0.3, -0.25) is 4.79 Å². The average Bonchev–Trinajstić information content (AvgIpc) is 3.68. The first-order valence-corrected chi connectivity index (χ1v) is 13.2. The molecule has 1 heterocycles. The number of unbranched alkanes of at least 4 members (excludes halogenated alkanes) is 1. The highest BCUT2D eigenvalue weighted by Gasteiger charge is 2.27. The van der Waals surface area contributed by atoms with Crippen molar-refractivity contribution in [2.45, 2.75) is 78.7 Å². The Balaban J connectivity index is 1.73. The summed E-state index contributed by atoms with van der Waals surface area (Å²) < 4.78 is 19.6. The molecular weight excluding hydrogens is 468 g/mol. The van der Waals surface area contributed by atoms with E-state index in [4.69, 9.17) is 14.2 Å². The number of carbonyl (C=O) groups excluding carboxylic acids is 1. The fraction of sp³-hybridized carbons (Fsp3) is 0.467. The van der Waals surface area contributed by atoms with Crippen molar-refractivity contribution >= 4 is 16.9 Å². The van der Waals surface area contributed by atoms with Gasteiger partial charge in [-0.2, -0.15) is 0 Å². The largest absolute Gasteiger partial charge is 0.491 e. The van der Waals surface area contributed by atoms with Crippen molar-refractivity contribution in [2.75, 3.05) is 6.61 Å². The maximum Gasteiger partial charge on any atom is 0.407 e. The van der Waals surface area contributed by atoms with Crippen molar-refractivity contribution in [2.24, 2.45) is 5.92 Å². The minimum Gasteiger partial charge on any atom is -0.491 e. The Hall–Kier alpha value is -3.48. The van der Waals surface area contributed by atoms with E-state index in [1.54, 1.807) is 4.57 Å². The number of rotatable bonds is 11. The Labute approximate surface area is 218 Å². The van der Waals surface area contributed by atoms with Crippen molar-refractivity contribution in [1.29, 1.82) is 0 Å². The molecule has 0 aliphatic heterocycles. The molecule has 0 spiro atoms. The number of fused-ring (bicyclic) bond motifs is 1. The van der Waals surface area contributed by atoms with Crippen molar-refractivity contribution < 1.29 is 19.0 Å². The predicted molar refractivity (Wildman–Crippen MR) is 145 cm³/mol. The van der Waals surface area contributed by atoms with E-state index >= 15 is 0 Å². The van der Waals surface area contributed by atoms with Gasteiger partial charge in [0.25, 0.3) is 5.56 Å². The lowest BCUT2D eigenvalue weighted by atomic mass is 10.1. The van der Waals surface area contributed by atoms with Crippen LogP contribution >= 0.6 is 0 Å². The Morgan fingerprint density at radius 1 is 1.05 bits per heavy atom. The van der Waals surface area contributed by atoms with Crippen molar-refractivity contribution in [1.82, 2.24) is 9.88 Å². The molecule has 0 radical (unpaired) electrons. The summed E-state index contributed by atoms with van der Waals surface area (Å²) in [5.41, 5.74) is 1.02. The highest BCUT2D eigenvalue weighted by atomic mass is 16.6. The van der Waals surface area contributed by atoms with E-state index in [-0.39, 0.29) is 12.1 Å². The molecule has 0 atom stereocenters. The number of nitrogens with one attached hydrogen (secondary N) is 1. The molecule has 1 saturated carbocycles. The molecule has 7 nitrogen and oxygen atoms in total. The number of amides is 1. The molecule has 1 aliphatic carbocycles. The van der Waals surface area contributed by atoms with Crippen LogP contribution in [0.5, 0.6) is 11.5 Å². The van der Waals surface area contributed by atoms with Crippen LogP contribution in [-0.4, -0.2) is 22.9 Å². The molecule has 0 saturated heterocycles. The Morgan fingerprint density at radius 2 is 1.81 bits per heavy atom. The maximum absolute atomic E-state index is 13.7. The zero-order chi connectivity index (χ0) is 26.4. The molecule has 4 rings (SSSR count). The van der Waals surface area contributed by atoms with Gasteiger partial charge in [-0.15, -0.1) is 0 Å². The first-order chi connectivity index (χ1) is 17.7. The summed E-state index contributed by atoms with van der Waals surface area (Å²) >= 11 is 0. The fourth-order valence-electron chi connectivity index (χ4n) is 4.15. The van der Waals surface area contributed by atoms with E-state index in [9.17, 15) is 9.59 Å². The van der Waals surface area contributed by atoms with Crippen LogP contribution in [0.1, 0.15) is 64.6 Å². The van der Waals surface area contributed by atoms with Gasteiger partial charge in [-0.1, -0.05) is 43.7 Å². The van der Waals surface area contributed by atoms with Crippen LogP contribution in [0, 0.1) is 5.92 Å². The normalized spacial score (nSPS) is 13.4. The average molecular weight is 507 g/mol. The number of pyridine rings is 1. The van der Waals surface area contributed by atoms with E-state index in [0.717, 1.165) is 31.2 Å². The van der Waals surface area contributed by atoms with E-state index < -0.39 is 11.7 Å². The van der Waals surface area contributed by atoms with Gasteiger partial charge in [-0.05, 0) is 69.7 Å². The van der Waals surface area contributed by atoms with Gasteiger partial charge in [-0.25, -0.2) is 4.79 Å². The van der Waals surface area contributed by atoms with Crippen LogP contribution < -0.4 is 20.3 Å². The number of nitrogens with zero attached hydrogens (tertiary/aromatic N) is 1. The van der Waals surface area contributed by atoms with Crippen LogP contribution in [-0.2, 0) is 24.4 Å². The van der Waals surface area contributed by atoms with Gasteiger partial charge in [0.05, 0.1) is 24.2 Å². The Morgan fingerprint density at radius 3 is 2.49 bits per heavy atom. The van der Waals surface area contributed by atoms with Crippen LogP contribution in [0.15, 0.2) is 53.3 Å². The first-order valence-electron chi connectivity index (χ1n) is 13.2. The monoisotopic (exact) mass is 506 g/mol. The summed E-state index contributed by atoms with van der Waals surface area (Å²) in [6, 6.07) is 15.5. The summed E-state index contributed by atoms with van der Waals surface area (Å²) in [5.74, 6) is 1.74. The van der Waals surface area contributed by atoms with Crippen LogP contribution in [0.4, 0.5) is 4.79 Å². The number of ether oxygens (including phenoxy) is 3. The maximum atomic E-state index is 13.7. The molecule has 1 aliphatic rings. The van der Waals surface area contributed by atoms with Gasteiger partial charge in [0.1, 0.15) is 23.7 Å². The van der Waals surface area contributed by atoms with Crippen molar-refractivity contribution in [3.63, 3.8) is 0 Å². The SMILES string of the molecule is CCCCOc1c(CNC(=O)OC(C)(C)C)n(CC2CC2)c(=O)c2ccc(OCc3ccccc3)cc12. The van der Waals surface area contributed by atoms with E-state index in [1.807, 2.05) is 69.3 Å². The van der Waals surface area contributed by atoms with Gasteiger partial charge in [0.2, 0.25) is 0 Å². The van der Waals surface area contributed by atoms with E-state index in [2.05, 4.69) is 12.2 Å². The van der Waals surface area contributed by atoms with E-state index in [0.29, 0.717) is 53.6 Å². The smallest absolute Gasteiger partial charge is 0.407 e. The molecular formula is C30H38N2O5. The first kappa shape index (κ1) is 26.6. The summed E-state index contributed by atoms with van der Waals surface area (Å²) in [4.78, 5) is 26.2. The lowest BCUT2D eigenvalue weighted by Gasteiger charge is -2.23. The third-order valence-electron chi connectivity index (χ3n) is 6.23. The minimum absolute atomic E-state index is 0.0830. The minimum atomic E-state index is -0.618. The molecule has 0 unspecified atom stereocenters.